The van der Waals surface area contributed by atoms with Crippen molar-refractivity contribution >= 4 is 31.5 Å². The molecule has 0 aliphatic heterocycles. The Hall–Kier alpha value is -2.78. The largest absolute Gasteiger partial charge is 0.497 e. The lowest BCUT2D eigenvalue weighted by molar-refractivity contribution is -0.246. The van der Waals surface area contributed by atoms with Crippen molar-refractivity contribution in [3.63, 3.8) is 0 Å². The van der Waals surface area contributed by atoms with E-state index < -0.39 is 77.7 Å². The monoisotopic (exact) mass is 622 g/mol. The summed E-state index contributed by atoms with van der Waals surface area (Å²) in [6, 6.07) is 2.33. The second kappa shape index (κ2) is 9.45. The third-order valence-corrected chi connectivity index (χ3v) is 8.24. The molecule has 0 heterocycles. The number of benzene rings is 1. The first-order valence-electron chi connectivity index (χ1n) is 8.76. The fourth-order valence-electron chi connectivity index (χ4n) is 2.45. The predicted octanol–water partition coefficient (Wildman–Crippen LogP) is 3.66. The Balaban J connectivity index is 3.84. The zero-order valence-electron chi connectivity index (χ0n) is 17.9. The molecule has 0 saturated carbocycles. The second-order valence-electron chi connectivity index (χ2n) is 7.01. The molecule has 0 radical (unpaired) electrons. The van der Waals surface area contributed by atoms with Crippen LogP contribution in [0.2, 0.25) is 0 Å². The maximum atomic E-state index is 14.4. The van der Waals surface area contributed by atoms with E-state index in [1.807, 2.05) is 0 Å². The Morgan fingerprint density at radius 3 is 1.32 bits per heavy atom. The first-order chi connectivity index (χ1) is 16.6. The number of Topliss-reactive ketones (excluding diaryl/α,β-unsaturated/α-hetero) is 2. The topological polar surface area (TPSA) is 121 Å². The standard InChI is InChI=1S/C16H10F12O8S2/c1-11(9(29)12(17,18)19,10(30)13(20,21)22)37(31,32)15(25,26)14(23,24)16(27,28)38(33,34)36-8-5-3-7(35-2)4-6-8/h3-6H,1-2H3. The summed E-state index contributed by atoms with van der Waals surface area (Å²) in [7, 11) is -15.1. The van der Waals surface area contributed by atoms with Crippen LogP contribution in [0.4, 0.5) is 52.7 Å². The Labute approximate surface area is 203 Å². The fourth-order valence-corrected chi connectivity index (χ4v) is 5.12. The molecule has 22 heteroatoms. The van der Waals surface area contributed by atoms with Gasteiger partial charge in [-0.2, -0.15) is 61.1 Å². The van der Waals surface area contributed by atoms with E-state index in [1.165, 1.54) is 0 Å². The van der Waals surface area contributed by atoms with Crippen LogP contribution in [0.1, 0.15) is 6.92 Å². The van der Waals surface area contributed by atoms with Crippen LogP contribution in [0.15, 0.2) is 24.3 Å². The zero-order valence-corrected chi connectivity index (χ0v) is 19.6. The van der Waals surface area contributed by atoms with Crippen LogP contribution in [0.5, 0.6) is 11.5 Å². The Morgan fingerprint density at radius 1 is 0.658 bits per heavy atom. The van der Waals surface area contributed by atoms with Crippen LogP contribution in [-0.4, -0.2) is 69.0 Å². The number of sulfone groups is 1. The van der Waals surface area contributed by atoms with Gasteiger partial charge in [-0.1, -0.05) is 0 Å². The minimum absolute atomic E-state index is 0.132. The van der Waals surface area contributed by atoms with Crippen molar-refractivity contribution in [1.82, 2.24) is 0 Å². The molecule has 0 spiro atoms. The van der Waals surface area contributed by atoms with Crippen LogP contribution >= 0.6 is 0 Å². The number of alkyl halides is 12. The van der Waals surface area contributed by atoms with Gasteiger partial charge in [-0.05, 0) is 31.2 Å². The molecule has 1 aromatic carbocycles. The summed E-state index contributed by atoms with van der Waals surface area (Å²) < 4.78 is 212. The molecule has 0 bridgehead atoms. The van der Waals surface area contributed by atoms with E-state index in [2.05, 4.69) is 8.92 Å². The summed E-state index contributed by atoms with van der Waals surface area (Å²) >= 11 is 0. The Kier molecular flexibility index (Phi) is 8.27. The van der Waals surface area contributed by atoms with Crippen LogP contribution in [0.25, 0.3) is 0 Å². The second-order valence-corrected chi connectivity index (χ2v) is 10.9. The lowest BCUT2D eigenvalue weighted by Crippen LogP contribution is -2.69. The van der Waals surface area contributed by atoms with Gasteiger partial charge in [0.15, 0.2) is 0 Å². The highest BCUT2D eigenvalue weighted by molar-refractivity contribution is 7.95. The van der Waals surface area contributed by atoms with Gasteiger partial charge in [0.05, 0.1) is 7.11 Å². The third kappa shape index (κ3) is 4.98. The summed E-state index contributed by atoms with van der Waals surface area (Å²) in [6.07, 6.45) is -13.9. The zero-order chi connectivity index (χ0) is 30.6. The molecule has 218 valence electrons. The van der Waals surface area contributed by atoms with Crippen molar-refractivity contribution in [2.45, 2.75) is 40.5 Å². The van der Waals surface area contributed by atoms with Gasteiger partial charge < -0.3 is 8.92 Å². The summed E-state index contributed by atoms with van der Waals surface area (Å²) in [5.41, 5.74) is 0. The van der Waals surface area contributed by atoms with E-state index in [0.717, 1.165) is 19.2 Å². The first-order valence-corrected chi connectivity index (χ1v) is 11.7. The number of hydrogen-bond acceptors (Lipinski definition) is 8. The van der Waals surface area contributed by atoms with Crippen molar-refractivity contribution < 1.29 is 88.0 Å². The molecular formula is C16H10F12O8S2. The molecule has 0 aliphatic rings. The molecule has 1 rings (SSSR count). The lowest BCUT2D eigenvalue weighted by atomic mass is 9.99. The van der Waals surface area contributed by atoms with Crippen LogP contribution in [0.3, 0.4) is 0 Å². The van der Waals surface area contributed by atoms with E-state index in [4.69, 9.17) is 0 Å². The minimum Gasteiger partial charge on any atom is -0.497 e. The molecule has 0 unspecified atom stereocenters. The Bertz CT molecular complexity index is 1270. The van der Waals surface area contributed by atoms with E-state index in [9.17, 15) is 79.1 Å². The molecule has 0 N–H and O–H groups in total. The molecule has 0 aromatic heterocycles. The van der Waals surface area contributed by atoms with Crippen molar-refractivity contribution in [3.05, 3.63) is 24.3 Å². The highest BCUT2D eigenvalue weighted by Crippen LogP contribution is 2.54. The summed E-state index contributed by atoms with van der Waals surface area (Å²) in [6.45, 7) is -1.33. The molecule has 1 aromatic rings. The molecule has 38 heavy (non-hydrogen) atoms. The van der Waals surface area contributed by atoms with Crippen LogP contribution in [-0.2, 0) is 29.5 Å². The number of hydrogen-bond donors (Lipinski definition) is 0. The minimum atomic E-state index is -8.69. The normalized spacial score (nSPS) is 14.7. The number of rotatable bonds is 10. The van der Waals surface area contributed by atoms with Gasteiger partial charge in [0.25, 0.3) is 11.6 Å². The van der Waals surface area contributed by atoms with Gasteiger partial charge in [0.1, 0.15) is 11.5 Å². The number of halogens is 12. The number of methoxy groups -OCH3 is 1. The number of ether oxygens (including phenoxy) is 1. The highest BCUT2D eigenvalue weighted by atomic mass is 32.2. The quantitative estimate of drug-likeness (QED) is 0.220. The lowest BCUT2D eigenvalue weighted by Gasteiger charge is -2.36. The highest BCUT2D eigenvalue weighted by Gasteiger charge is 2.87. The summed E-state index contributed by atoms with van der Waals surface area (Å²) in [5.74, 6) is -18.5. The van der Waals surface area contributed by atoms with Crippen molar-refractivity contribution in [2.75, 3.05) is 7.11 Å². The molecule has 0 atom stereocenters. The maximum Gasteiger partial charge on any atom is 0.452 e. The van der Waals surface area contributed by atoms with E-state index in [0.29, 0.717) is 12.1 Å². The molecule has 0 fully saturated rings. The van der Waals surface area contributed by atoms with E-state index in [-0.39, 0.29) is 5.75 Å². The Morgan fingerprint density at radius 2 is 1.00 bits per heavy atom. The van der Waals surface area contributed by atoms with E-state index >= 15 is 0 Å². The molecule has 0 amide bonds. The van der Waals surface area contributed by atoms with Gasteiger partial charge in [0.2, 0.25) is 14.6 Å². The number of carbonyl (C=O) groups excluding carboxylic acids is 2. The fraction of sp³-hybridized carbons (Fsp3) is 0.500. The van der Waals surface area contributed by atoms with Gasteiger partial charge in [0, 0.05) is 0 Å². The van der Waals surface area contributed by atoms with Crippen LogP contribution < -0.4 is 8.92 Å². The van der Waals surface area contributed by atoms with Crippen molar-refractivity contribution in [1.29, 1.82) is 0 Å². The number of ketones is 2. The SMILES string of the molecule is COc1ccc(OS(=O)(=O)C(F)(F)C(F)(F)C(F)(F)S(=O)(=O)C(C)(C(=O)C(F)(F)F)C(=O)C(F)(F)F)cc1. The summed E-state index contributed by atoms with van der Waals surface area (Å²) in [5, 5.41) is -15.4. The average molecular weight is 622 g/mol. The van der Waals surface area contributed by atoms with Gasteiger partial charge >= 0.3 is 38.9 Å². The van der Waals surface area contributed by atoms with E-state index in [1.54, 1.807) is 0 Å². The summed E-state index contributed by atoms with van der Waals surface area (Å²) in [4.78, 5) is 22.8. The molecular weight excluding hydrogens is 612 g/mol. The van der Waals surface area contributed by atoms with Crippen molar-refractivity contribution in [2.24, 2.45) is 0 Å². The van der Waals surface area contributed by atoms with Crippen molar-refractivity contribution in [3.8, 4) is 11.5 Å². The predicted molar refractivity (Wildman–Crippen MR) is 96.8 cm³/mol. The van der Waals surface area contributed by atoms with Gasteiger partial charge in [-0.25, -0.2) is 8.42 Å². The molecule has 0 aliphatic carbocycles. The van der Waals surface area contributed by atoms with Gasteiger partial charge in [-0.15, -0.1) is 0 Å². The maximum absolute atomic E-state index is 14.4. The third-order valence-electron chi connectivity index (χ3n) is 4.57. The smallest absolute Gasteiger partial charge is 0.452 e. The van der Waals surface area contributed by atoms with Gasteiger partial charge in [-0.3, -0.25) is 9.59 Å². The van der Waals surface area contributed by atoms with Crippen LogP contribution in [0, 0.1) is 0 Å². The average Bonchev–Trinajstić information content (AvgIpc) is 2.75. The number of carbonyl (C=O) groups is 2. The first kappa shape index (κ1) is 33.2. The molecule has 0 saturated heterocycles. The molecule has 8 nitrogen and oxygen atoms in total.